The first kappa shape index (κ1) is 29.8. The van der Waals surface area contributed by atoms with Crippen molar-refractivity contribution in [2.24, 2.45) is 0 Å². The molecule has 3 aromatic rings. The second-order valence-electron chi connectivity index (χ2n) is 10.5. The largest absolute Gasteiger partial charge is 0.370 e. The van der Waals surface area contributed by atoms with Gasteiger partial charge >= 0.3 is 6.03 Å². The van der Waals surface area contributed by atoms with Crippen LogP contribution < -0.4 is 26.6 Å². The molecule has 10 nitrogen and oxygen atoms in total. The zero-order valence-electron chi connectivity index (χ0n) is 24.3. The number of hydrogen-bond donors (Lipinski definition) is 5. The van der Waals surface area contributed by atoms with Crippen molar-refractivity contribution in [3.63, 3.8) is 0 Å². The van der Waals surface area contributed by atoms with E-state index in [4.69, 9.17) is 4.98 Å². The van der Waals surface area contributed by atoms with Crippen molar-refractivity contribution < 1.29 is 9.59 Å². The molecule has 0 saturated carbocycles. The average molecular weight is 559 g/mol. The number of hydrogen-bond acceptors (Lipinski definition) is 7. The first-order chi connectivity index (χ1) is 19.9. The third-order valence-electron chi connectivity index (χ3n) is 6.80. The minimum Gasteiger partial charge on any atom is -0.370 e. The Morgan fingerprint density at radius 2 is 1.73 bits per heavy atom. The summed E-state index contributed by atoms with van der Waals surface area (Å²) < 4.78 is 0. The minimum atomic E-state index is -0.301. The van der Waals surface area contributed by atoms with Crippen molar-refractivity contribution in [2.45, 2.75) is 52.6 Å². The van der Waals surface area contributed by atoms with E-state index in [0.717, 1.165) is 42.3 Å². The standard InChI is InChI=1S/C31H42N8O2/c1-4-32-29-26(30(40)33-16-19-39-17-6-5-7-18-39)13-14-27(38-29)24-9-11-25(12-10-24)37-31(41)35-21-23-8-15-28(34-20-23)36-22(2)3/h8-15,20,22H,4-7,16-19,21H2,1-3H3,(H,32,38)(H,33,40)(H,34,36)(H2,35,37,41). The van der Waals surface area contributed by atoms with Crippen molar-refractivity contribution in [3.8, 4) is 11.3 Å². The number of nitrogens with zero attached hydrogens (tertiary/aromatic N) is 3. The zero-order chi connectivity index (χ0) is 29.0. The Hall–Kier alpha value is -4.18. The van der Waals surface area contributed by atoms with Crippen LogP contribution in [0.3, 0.4) is 0 Å². The Labute approximate surface area is 242 Å². The zero-order valence-corrected chi connectivity index (χ0v) is 24.3. The van der Waals surface area contributed by atoms with Crippen molar-refractivity contribution in [2.75, 3.05) is 48.7 Å². The second kappa shape index (κ2) is 15.0. The van der Waals surface area contributed by atoms with Crippen molar-refractivity contribution in [3.05, 3.63) is 65.9 Å². The normalized spacial score (nSPS) is 13.5. The molecule has 2 aromatic heterocycles. The van der Waals surface area contributed by atoms with Crippen LogP contribution in [0, 0.1) is 0 Å². The minimum absolute atomic E-state index is 0.124. The molecule has 0 unspecified atom stereocenters. The fourth-order valence-electron chi connectivity index (χ4n) is 4.70. The third-order valence-corrected chi connectivity index (χ3v) is 6.80. The fraction of sp³-hybridized carbons (Fsp3) is 0.419. The summed E-state index contributed by atoms with van der Waals surface area (Å²) in [6, 6.07) is 15.0. The Morgan fingerprint density at radius 1 is 0.951 bits per heavy atom. The van der Waals surface area contributed by atoms with E-state index in [-0.39, 0.29) is 11.9 Å². The van der Waals surface area contributed by atoms with Crippen molar-refractivity contribution in [1.82, 2.24) is 25.5 Å². The SMILES string of the molecule is CCNc1nc(-c2ccc(NC(=O)NCc3ccc(NC(C)C)nc3)cc2)ccc1C(=O)NCCN1CCCCC1. The number of carbonyl (C=O) groups excluding carboxylic acids is 2. The molecular weight excluding hydrogens is 516 g/mol. The van der Waals surface area contributed by atoms with Gasteiger partial charge in [0.15, 0.2) is 0 Å². The lowest BCUT2D eigenvalue weighted by molar-refractivity contribution is 0.0947. The van der Waals surface area contributed by atoms with Gasteiger partial charge in [-0.05, 0) is 82.6 Å². The van der Waals surface area contributed by atoms with Gasteiger partial charge in [0.2, 0.25) is 0 Å². The first-order valence-electron chi connectivity index (χ1n) is 14.5. The van der Waals surface area contributed by atoms with E-state index in [1.807, 2.05) is 55.5 Å². The third kappa shape index (κ3) is 9.18. The molecule has 3 amide bonds. The lowest BCUT2D eigenvalue weighted by atomic mass is 10.1. The van der Waals surface area contributed by atoms with E-state index in [2.05, 4.69) is 50.3 Å². The number of benzene rings is 1. The Bertz CT molecular complexity index is 1270. The molecule has 1 aliphatic rings. The highest BCUT2D eigenvalue weighted by Gasteiger charge is 2.15. The number of anilines is 3. The molecule has 0 radical (unpaired) electrons. The number of nitrogens with one attached hydrogen (secondary N) is 5. The number of piperidine rings is 1. The number of aromatic nitrogens is 2. The van der Waals surface area contributed by atoms with Crippen LogP contribution in [0.1, 0.15) is 56.0 Å². The van der Waals surface area contributed by atoms with E-state index in [0.29, 0.717) is 42.7 Å². The molecule has 1 saturated heterocycles. The van der Waals surface area contributed by atoms with Gasteiger partial charge in [0.25, 0.3) is 5.91 Å². The summed E-state index contributed by atoms with van der Waals surface area (Å²) in [4.78, 5) is 36.8. The van der Waals surface area contributed by atoms with Crippen LogP contribution in [0.4, 0.5) is 22.1 Å². The van der Waals surface area contributed by atoms with Gasteiger partial charge in [-0.1, -0.05) is 24.6 Å². The number of likely N-dealkylation sites (tertiary alicyclic amines) is 1. The van der Waals surface area contributed by atoms with E-state index in [9.17, 15) is 9.59 Å². The summed E-state index contributed by atoms with van der Waals surface area (Å²) in [6.07, 6.45) is 5.52. The molecule has 4 rings (SSSR count). The highest BCUT2D eigenvalue weighted by molar-refractivity contribution is 5.99. The molecule has 3 heterocycles. The predicted molar refractivity (Wildman–Crippen MR) is 165 cm³/mol. The average Bonchev–Trinajstić information content (AvgIpc) is 2.97. The molecular formula is C31H42N8O2. The summed E-state index contributed by atoms with van der Waals surface area (Å²) in [6.45, 7) is 10.8. The quantitative estimate of drug-likeness (QED) is 0.214. The smallest absolute Gasteiger partial charge is 0.319 e. The number of pyridine rings is 2. The van der Waals surface area contributed by atoms with Crippen LogP contribution in [0.15, 0.2) is 54.7 Å². The molecule has 1 aliphatic heterocycles. The van der Waals surface area contributed by atoms with Gasteiger partial charge < -0.3 is 31.5 Å². The Balaban J connectivity index is 1.30. The molecule has 0 spiro atoms. The van der Waals surface area contributed by atoms with Gasteiger partial charge in [-0.25, -0.2) is 14.8 Å². The summed E-state index contributed by atoms with van der Waals surface area (Å²) in [5.41, 5.74) is 3.73. The van der Waals surface area contributed by atoms with Crippen LogP contribution in [0.5, 0.6) is 0 Å². The first-order valence-corrected chi connectivity index (χ1v) is 14.5. The summed E-state index contributed by atoms with van der Waals surface area (Å²) in [7, 11) is 0. The monoisotopic (exact) mass is 558 g/mol. The fourth-order valence-corrected chi connectivity index (χ4v) is 4.70. The Morgan fingerprint density at radius 3 is 2.41 bits per heavy atom. The number of amides is 3. The van der Waals surface area contributed by atoms with Crippen LogP contribution in [0.2, 0.25) is 0 Å². The second-order valence-corrected chi connectivity index (χ2v) is 10.5. The van der Waals surface area contributed by atoms with Crippen molar-refractivity contribution in [1.29, 1.82) is 0 Å². The van der Waals surface area contributed by atoms with Crippen LogP contribution in [-0.4, -0.2) is 65.6 Å². The molecule has 41 heavy (non-hydrogen) atoms. The lowest BCUT2D eigenvalue weighted by Gasteiger charge is -2.26. The van der Waals surface area contributed by atoms with Crippen LogP contribution >= 0.6 is 0 Å². The van der Waals surface area contributed by atoms with Gasteiger partial charge in [0, 0.05) is 49.7 Å². The van der Waals surface area contributed by atoms with Crippen molar-refractivity contribution >= 4 is 29.3 Å². The van der Waals surface area contributed by atoms with Crippen LogP contribution in [-0.2, 0) is 6.54 Å². The van der Waals surface area contributed by atoms with E-state index in [1.165, 1.54) is 19.3 Å². The van der Waals surface area contributed by atoms with Gasteiger partial charge in [0.05, 0.1) is 11.3 Å². The number of carbonyl (C=O) groups is 2. The maximum atomic E-state index is 12.9. The molecule has 1 aromatic carbocycles. The number of urea groups is 1. The molecule has 218 valence electrons. The van der Waals surface area contributed by atoms with E-state index < -0.39 is 0 Å². The molecule has 0 atom stereocenters. The topological polar surface area (TPSA) is 123 Å². The summed E-state index contributed by atoms with van der Waals surface area (Å²) in [5.74, 6) is 1.24. The highest BCUT2D eigenvalue weighted by atomic mass is 16.2. The Kier molecular flexibility index (Phi) is 10.9. The maximum Gasteiger partial charge on any atom is 0.319 e. The number of rotatable bonds is 12. The molecule has 10 heteroatoms. The highest BCUT2D eigenvalue weighted by Crippen LogP contribution is 2.24. The maximum absolute atomic E-state index is 12.9. The van der Waals surface area contributed by atoms with Gasteiger partial charge in [-0.2, -0.15) is 0 Å². The van der Waals surface area contributed by atoms with Crippen LogP contribution in [0.25, 0.3) is 11.3 Å². The molecule has 0 aliphatic carbocycles. The summed E-state index contributed by atoms with van der Waals surface area (Å²) >= 11 is 0. The van der Waals surface area contributed by atoms with Gasteiger partial charge in [-0.15, -0.1) is 0 Å². The molecule has 5 N–H and O–H groups in total. The van der Waals surface area contributed by atoms with E-state index >= 15 is 0 Å². The summed E-state index contributed by atoms with van der Waals surface area (Å²) in [5, 5.41) is 15.2. The lowest BCUT2D eigenvalue weighted by Crippen LogP contribution is -2.37. The van der Waals surface area contributed by atoms with E-state index in [1.54, 1.807) is 6.20 Å². The van der Waals surface area contributed by atoms with Gasteiger partial charge in [0.1, 0.15) is 11.6 Å². The predicted octanol–water partition coefficient (Wildman–Crippen LogP) is 4.93. The van der Waals surface area contributed by atoms with Gasteiger partial charge in [-0.3, -0.25) is 4.79 Å². The molecule has 0 bridgehead atoms. The molecule has 1 fully saturated rings.